The van der Waals surface area contributed by atoms with Crippen LogP contribution in [-0.2, 0) is 30.8 Å². The first-order chi connectivity index (χ1) is 37.2. The summed E-state index contributed by atoms with van der Waals surface area (Å²) < 4.78 is 36.8. The first kappa shape index (κ1) is 60.5. The molecule has 78 heavy (non-hydrogen) atoms. The number of morpholine rings is 2. The molecular formula is C61H64BBr2N2O12. The number of hydrogen-bond acceptors (Lipinski definition) is 14. The van der Waals surface area contributed by atoms with Gasteiger partial charge in [0.25, 0.3) is 0 Å². The van der Waals surface area contributed by atoms with E-state index in [1.54, 1.807) is 48.5 Å². The summed E-state index contributed by atoms with van der Waals surface area (Å²) in [5, 5.41) is 14.0. The van der Waals surface area contributed by atoms with Crippen molar-refractivity contribution in [3.05, 3.63) is 191 Å². The highest BCUT2D eigenvalue weighted by Crippen LogP contribution is 2.39. The van der Waals surface area contributed by atoms with E-state index in [1.807, 2.05) is 57.2 Å². The number of ether oxygens (including phenoxy) is 4. The largest absolute Gasteiger partial charge is 0.569 e. The van der Waals surface area contributed by atoms with Crippen LogP contribution in [-0.4, -0.2) is 96.4 Å². The summed E-state index contributed by atoms with van der Waals surface area (Å²) in [4.78, 5) is 50.8. The number of esters is 2. The first-order valence-corrected chi connectivity index (χ1v) is 26.8. The predicted octanol–water partition coefficient (Wildman–Crippen LogP) is 11.7. The lowest BCUT2D eigenvalue weighted by atomic mass is 9.89. The van der Waals surface area contributed by atoms with E-state index in [1.165, 1.54) is 37.5 Å². The quantitative estimate of drug-likeness (QED) is 0.0572. The molecule has 2 aliphatic heterocycles. The predicted molar refractivity (Wildman–Crippen MR) is 315 cm³/mol. The Balaban J connectivity index is 0.000000199. The van der Waals surface area contributed by atoms with Gasteiger partial charge in [-0.15, -0.1) is 0 Å². The van der Waals surface area contributed by atoms with Gasteiger partial charge in [0.15, 0.2) is 0 Å². The van der Waals surface area contributed by atoms with Crippen LogP contribution in [0.5, 0.6) is 5.75 Å². The van der Waals surface area contributed by atoms with E-state index in [4.69, 9.17) is 37.5 Å². The molecule has 407 valence electrons. The van der Waals surface area contributed by atoms with Crippen molar-refractivity contribution in [1.82, 2.24) is 10.2 Å². The number of nitrogens with zero attached hydrogens (tertiary/aromatic N) is 1. The van der Waals surface area contributed by atoms with E-state index in [2.05, 4.69) is 73.3 Å². The van der Waals surface area contributed by atoms with E-state index >= 15 is 0 Å². The normalized spacial score (nSPS) is 13.0. The van der Waals surface area contributed by atoms with Crippen molar-refractivity contribution < 1.29 is 47.0 Å². The molecule has 17 heteroatoms. The van der Waals surface area contributed by atoms with E-state index in [-0.39, 0.29) is 7.43 Å². The zero-order valence-corrected chi connectivity index (χ0v) is 47.0. The highest BCUT2D eigenvalue weighted by atomic mass is 79.9. The standard InChI is InChI=1S/C30H29NO5.C19H15BrO4.C7H7BBrO2.C4H9NO.CH4/c1-19-15-26-29(25(17-27(32)36-26)23-5-4-6-24(16-23)30(33)34-3)20(2)28(19)22-9-7-21(8-10-22)18-31-11-13-35-14-12-31;1-10-7-15-17(11(2)18(10)20)14(9-16(21)24-15)12-5-4-6-13(8-12)19(22)23-3;9-5-6-1-3-7(4-2-6)11-8-10;1-3-6-4-2-5-1;/h4-10,15-17H,11-14,18H2,1-3H3;4-9H,1-3H3;1-4,10H,5H2;5H,1-4H2;1H4. The summed E-state index contributed by atoms with van der Waals surface area (Å²) in [7, 11) is 3.36. The van der Waals surface area contributed by atoms with Crippen LogP contribution in [0.25, 0.3) is 55.3 Å². The zero-order chi connectivity index (χ0) is 55.0. The fourth-order valence-corrected chi connectivity index (χ4v) is 9.83. The number of nitrogens with one attached hydrogen (secondary N) is 1. The highest BCUT2D eigenvalue weighted by Gasteiger charge is 2.20. The van der Waals surface area contributed by atoms with Crippen LogP contribution < -0.4 is 21.2 Å². The number of aryl methyl sites for hydroxylation is 4. The molecule has 10 rings (SSSR count). The van der Waals surface area contributed by atoms with E-state index in [9.17, 15) is 19.2 Å². The molecule has 0 aliphatic carbocycles. The number of fused-ring (bicyclic) bond motifs is 2. The number of benzene rings is 6. The van der Waals surface area contributed by atoms with Gasteiger partial charge in [0.2, 0.25) is 0 Å². The molecule has 4 heterocycles. The van der Waals surface area contributed by atoms with Gasteiger partial charge >= 0.3 is 30.9 Å². The molecule has 2 saturated heterocycles. The van der Waals surface area contributed by atoms with E-state index in [0.29, 0.717) is 35.7 Å². The molecule has 1 radical (unpaired) electrons. The average molecular weight is 1190 g/mol. The molecule has 0 saturated carbocycles. The molecule has 2 aromatic heterocycles. The molecule has 14 nitrogen and oxygen atoms in total. The SMILES string of the molecule is C.C1COCCN1.COC(=O)c1cccc(-c2cc(=O)oc3cc(C)c(-c4ccc(CN5CCOCC5)cc4)c(C)c23)c1.COC(=O)c1cccc(-c2cc(=O)oc3cc(C)c(Br)c(C)c23)c1.O[B]Oc1ccc(CBr)cc1. The van der Waals surface area contributed by atoms with Crippen LogP contribution in [0.1, 0.15) is 61.5 Å². The van der Waals surface area contributed by atoms with Crippen molar-refractivity contribution in [3.8, 4) is 39.1 Å². The van der Waals surface area contributed by atoms with Crippen LogP contribution in [0.3, 0.4) is 0 Å². The molecule has 2 fully saturated rings. The van der Waals surface area contributed by atoms with Gasteiger partial charge in [-0.3, -0.25) is 4.90 Å². The fraction of sp³-hybridized carbons (Fsp3) is 0.279. The molecule has 2 aliphatic rings. The highest BCUT2D eigenvalue weighted by molar-refractivity contribution is 9.10. The minimum Gasteiger partial charge on any atom is -0.537 e. The van der Waals surface area contributed by atoms with Gasteiger partial charge < -0.3 is 42.8 Å². The van der Waals surface area contributed by atoms with Crippen molar-refractivity contribution in [3.63, 3.8) is 0 Å². The summed E-state index contributed by atoms with van der Waals surface area (Å²) >= 11 is 6.90. The summed E-state index contributed by atoms with van der Waals surface area (Å²) in [6, 6.07) is 37.0. The number of hydrogen-bond donors (Lipinski definition) is 2. The third-order valence-corrected chi connectivity index (χ3v) is 14.8. The Morgan fingerprint density at radius 3 is 1.62 bits per heavy atom. The second-order valence-electron chi connectivity index (χ2n) is 18.1. The molecule has 8 aromatic rings. The third-order valence-electron chi connectivity index (χ3n) is 12.9. The minimum atomic E-state index is -0.431. The maximum absolute atomic E-state index is 12.5. The fourth-order valence-electron chi connectivity index (χ4n) is 9.15. The molecule has 2 N–H and O–H groups in total. The number of rotatable bonds is 10. The maximum atomic E-state index is 12.5. The number of halogens is 2. The summed E-state index contributed by atoms with van der Waals surface area (Å²) in [5.41, 5.74) is 12.7. The second kappa shape index (κ2) is 29.3. The summed E-state index contributed by atoms with van der Waals surface area (Å²) in [6.07, 6.45) is 0. The number of carbonyl (C=O) groups is 2. The van der Waals surface area contributed by atoms with Crippen LogP contribution >= 0.6 is 31.9 Å². The lowest BCUT2D eigenvalue weighted by Crippen LogP contribution is -2.35. The van der Waals surface area contributed by atoms with Crippen molar-refractivity contribution >= 4 is 73.4 Å². The van der Waals surface area contributed by atoms with Crippen molar-refractivity contribution in [2.75, 3.05) is 66.8 Å². The Kier molecular flexibility index (Phi) is 22.8. The van der Waals surface area contributed by atoms with Crippen molar-refractivity contribution in [1.29, 1.82) is 0 Å². The first-order valence-electron chi connectivity index (χ1n) is 24.9. The van der Waals surface area contributed by atoms with Gasteiger partial charge in [-0.25, -0.2) is 19.2 Å². The Morgan fingerprint density at radius 1 is 0.641 bits per heavy atom. The second-order valence-corrected chi connectivity index (χ2v) is 19.5. The molecule has 0 bridgehead atoms. The smallest absolute Gasteiger partial charge is 0.537 e. The van der Waals surface area contributed by atoms with E-state index < -0.39 is 23.2 Å². The lowest BCUT2D eigenvalue weighted by molar-refractivity contribution is 0.0342. The Morgan fingerprint density at radius 2 is 1.14 bits per heavy atom. The maximum Gasteiger partial charge on any atom is 0.569 e. The third kappa shape index (κ3) is 15.5. The monoisotopic (exact) mass is 1190 g/mol. The summed E-state index contributed by atoms with van der Waals surface area (Å²) in [6.45, 7) is 16.2. The van der Waals surface area contributed by atoms with Crippen LogP contribution in [0, 0.1) is 27.7 Å². The van der Waals surface area contributed by atoms with Crippen LogP contribution in [0.15, 0.2) is 144 Å². The Labute approximate surface area is 472 Å². The molecule has 0 amide bonds. The van der Waals surface area contributed by atoms with Gasteiger partial charge in [-0.1, -0.05) is 100.0 Å². The average Bonchev–Trinajstić information content (AvgIpc) is 3.54. The minimum absolute atomic E-state index is 0. The van der Waals surface area contributed by atoms with Gasteiger partial charge in [-0.05, 0) is 132 Å². The molecule has 0 atom stereocenters. The van der Waals surface area contributed by atoms with Crippen molar-refractivity contribution in [2.24, 2.45) is 0 Å². The van der Waals surface area contributed by atoms with Gasteiger partial charge in [-0.2, -0.15) is 0 Å². The van der Waals surface area contributed by atoms with Gasteiger partial charge in [0.1, 0.15) is 11.2 Å². The molecule has 6 aromatic carbocycles. The van der Waals surface area contributed by atoms with Gasteiger partial charge in [0, 0.05) is 76.6 Å². The van der Waals surface area contributed by atoms with Crippen LogP contribution in [0.4, 0.5) is 0 Å². The topological polar surface area (TPSA) is 176 Å². The zero-order valence-electron chi connectivity index (χ0n) is 43.8. The number of carbonyl (C=O) groups excluding carboxylic acids is 2. The molecule has 0 spiro atoms. The van der Waals surface area contributed by atoms with Crippen molar-refractivity contribution in [2.45, 2.75) is 47.0 Å². The molecular weight excluding hydrogens is 1120 g/mol. The van der Waals surface area contributed by atoms with E-state index in [0.717, 1.165) is 135 Å². The van der Waals surface area contributed by atoms with Crippen LogP contribution in [0.2, 0.25) is 0 Å². The van der Waals surface area contributed by atoms with Gasteiger partial charge in [0.05, 0.1) is 57.5 Å². The number of alkyl halides is 1. The molecule has 0 unspecified atom stereocenters. The number of methoxy groups -OCH3 is 2. The summed E-state index contributed by atoms with van der Waals surface area (Å²) in [5.74, 6) is -0.204. The Bertz CT molecular complexity index is 3430. The Hall–Kier alpha value is -6.70. The lowest BCUT2D eigenvalue weighted by Gasteiger charge is -2.26.